The smallest absolute Gasteiger partial charge is 0.416 e. The van der Waals surface area contributed by atoms with Gasteiger partial charge < -0.3 is 15.0 Å². The number of aromatic nitrogens is 1. The molecule has 0 saturated heterocycles. The van der Waals surface area contributed by atoms with Crippen molar-refractivity contribution in [3.8, 4) is 0 Å². The van der Waals surface area contributed by atoms with Crippen molar-refractivity contribution in [1.29, 1.82) is 0 Å². The van der Waals surface area contributed by atoms with E-state index in [4.69, 9.17) is 0 Å². The van der Waals surface area contributed by atoms with Crippen LogP contribution in [0.3, 0.4) is 0 Å². The summed E-state index contributed by atoms with van der Waals surface area (Å²) in [6, 6.07) is 5.69. The Morgan fingerprint density at radius 3 is 2.35 bits per heavy atom. The molecule has 1 amide bonds. The first-order chi connectivity index (χ1) is 12.1. The van der Waals surface area contributed by atoms with Gasteiger partial charge in [-0.3, -0.25) is 9.78 Å². The number of carbonyl (C=O) groups excluding carboxylic acids is 2. The molecule has 0 atom stereocenters. The van der Waals surface area contributed by atoms with Gasteiger partial charge in [0.15, 0.2) is 0 Å². The molecule has 0 aliphatic heterocycles. The molecule has 0 fully saturated rings. The van der Waals surface area contributed by atoms with Crippen LogP contribution >= 0.6 is 0 Å². The highest BCUT2D eigenvalue weighted by molar-refractivity contribution is 6.05. The van der Waals surface area contributed by atoms with Gasteiger partial charge in [0.2, 0.25) is 0 Å². The maximum atomic E-state index is 12.9. The summed E-state index contributed by atoms with van der Waals surface area (Å²) in [6.45, 7) is 0. The standard InChI is InChI=1S/C17H16F3N3O3/c1-23(2)14-7-5-11(17(18,19)20)8-13(14)22-15(24)12-6-4-10(9-21-12)16(25)26-3/h4-9H,1-3H3,(H,22,24). The number of rotatable bonds is 4. The highest BCUT2D eigenvalue weighted by Gasteiger charge is 2.31. The average molecular weight is 367 g/mol. The second-order valence-corrected chi connectivity index (χ2v) is 5.50. The number of ether oxygens (including phenoxy) is 1. The molecular weight excluding hydrogens is 351 g/mol. The van der Waals surface area contributed by atoms with Crippen LogP contribution < -0.4 is 10.2 Å². The van der Waals surface area contributed by atoms with Crippen LogP contribution in [0.1, 0.15) is 26.4 Å². The van der Waals surface area contributed by atoms with E-state index < -0.39 is 23.6 Å². The number of hydrogen-bond donors (Lipinski definition) is 1. The predicted octanol–water partition coefficient (Wildman–Crippen LogP) is 3.21. The summed E-state index contributed by atoms with van der Waals surface area (Å²) in [7, 11) is 4.49. The van der Waals surface area contributed by atoms with Gasteiger partial charge in [0, 0.05) is 20.3 Å². The molecule has 2 aromatic rings. The van der Waals surface area contributed by atoms with E-state index in [1.807, 2.05) is 0 Å². The molecule has 0 aliphatic rings. The van der Waals surface area contributed by atoms with Crippen LogP contribution in [0.4, 0.5) is 24.5 Å². The topological polar surface area (TPSA) is 71.5 Å². The van der Waals surface area contributed by atoms with E-state index >= 15 is 0 Å². The number of halogens is 3. The zero-order valence-electron chi connectivity index (χ0n) is 14.2. The Morgan fingerprint density at radius 2 is 1.85 bits per heavy atom. The lowest BCUT2D eigenvalue weighted by Gasteiger charge is -2.19. The van der Waals surface area contributed by atoms with E-state index in [0.29, 0.717) is 5.69 Å². The van der Waals surface area contributed by atoms with Gasteiger partial charge in [0.1, 0.15) is 5.69 Å². The first-order valence-corrected chi connectivity index (χ1v) is 7.37. The molecule has 9 heteroatoms. The van der Waals surface area contributed by atoms with Crippen molar-refractivity contribution in [2.24, 2.45) is 0 Å². The van der Waals surface area contributed by atoms with Gasteiger partial charge in [-0.05, 0) is 30.3 Å². The maximum absolute atomic E-state index is 12.9. The second-order valence-electron chi connectivity index (χ2n) is 5.50. The fourth-order valence-corrected chi connectivity index (χ4v) is 2.16. The Morgan fingerprint density at radius 1 is 1.15 bits per heavy atom. The Labute approximate surface area is 147 Å². The van der Waals surface area contributed by atoms with Crippen molar-refractivity contribution < 1.29 is 27.5 Å². The molecule has 1 N–H and O–H groups in total. The third-order valence-electron chi connectivity index (χ3n) is 3.47. The Kier molecular flexibility index (Phi) is 5.49. The van der Waals surface area contributed by atoms with Gasteiger partial charge in [-0.2, -0.15) is 13.2 Å². The van der Waals surface area contributed by atoms with Crippen molar-refractivity contribution in [2.75, 3.05) is 31.4 Å². The summed E-state index contributed by atoms with van der Waals surface area (Å²) in [6.07, 6.45) is -3.38. The summed E-state index contributed by atoms with van der Waals surface area (Å²) >= 11 is 0. The van der Waals surface area contributed by atoms with Gasteiger partial charge in [-0.15, -0.1) is 0 Å². The summed E-state index contributed by atoms with van der Waals surface area (Å²) in [5.41, 5.74) is -0.393. The van der Waals surface area contributed by atoms with Crippen LogP contribution in [0.25, 0.3) is 0 Å². The van der Waals surface area contributed by atoms with Gasteiger partial charge >= 0.3 is 12.1 Å². The molecule has 0 aliphatic carbocycles. The third-order valence-corrected chi connectivity index (χ3v) is 3.47. The monoisotopic (exact) mass is 367 g/mol. The van der Waals surface area contributed by atoms with E-state index in [1.54, 1.807) is 19.0 Å². The van der Waals surface area contributed by atoms with E-state index in [1.165, 1.54) is 25.3 Å². The van der Waals surface area contributed by atoms with Crippen LogP contribution in [0, 0.1) is 0 Å². The minimum atomic E-state index is -4.54. The van der Waals surface area contributed by atoms with Crippen LogP contribution in [-0.4, -0.2) is 38.1 Å². The summed E-state index contributed by atoms with van der Waals surface area (Å²) in [4.78, 5) is 29.1. The van der Waals surface area contributed by atoms with Gasteiger partial charge in [0.05, 0.1) is 29.6 Å². The van der Waals surface area contributed by atoms with Crippen molar-refractivity contribution in [1.82, 2.24) is 4.98 Å². The SMILES string of the molecule is COC(=O)c1ccc(C(=O)Nc2cc(C(F)(F)F)ccc2N(C)C)nc1. The highest BCUT2D eigenvalue weighted by Crippen LogP contribution is 2.35. The summed E-state index contributed by atoms with van der Waals surface area (Å²) in [5.74, 6) is -1.32. The molecule has 138 valence electrons. The molecule has 1 aromatic heterocycles. The average Bonchev–Trinajstić information content (AvgIpc) is 2.60. The molecular formula is C17H16F3N3O3. The van der Waals surface area contributed by atoms with Gasteiger partial charge in [0.25, 0.3) is 5.91 Å². The van der Waals surface area contributed by atoms with Crippen LogP contribution in [0.15, 0.2) is 36.5 Å². The molecule has 0 spiro atoms. The lowest BCUT2D eigenvalue weighted by atomic mass is 10.1. The molecule has 1 heterocycles. The number of alkyl halides is 3. The van der Waals surface area contributed by atoms with Gasteiger partial charge in [-0.1, -0.05) is 0 Å². The van der Waals surface area contributed by atoms with Crippen molar-refractivity contribution in [3.63, 3.8) is 0 Å². The largest absolute Gasteiger partial charge is 0.465 e. The normalized spacial score (nSPS) is 11.0. The molecule has 2 rings (SSSR count). The molecule has 0 saturated carbocycles. The van der Waals surface area contributed by atoms with E-state index in [9.17, 15) is 22.8 Å². The Hall–Kier alpha value is -3.10. The lowest BCUT2D eigenvalue weighted by molar-refractivity contribution is -0.137. The second kappa shape index (κ2) is 7.42. The lowest BCUT2D eigenvalue weighted by Crippen LogP contribution is -2.19. The van der Waals surface area contributed by atoms with E-state index in [-0.39, 0.29) is 16.9 Å². The first kappa shape index (κ1) is 19.2. The van der Waals surface area contributed by atoms with Crippen LogP contribution in [0.5, 0.6) is 0 Å². The minimum Gasteiger partial charge on any atom is -0.465 e. The van der Waals surface area contributed by atoms with Crippen LogP contribution in [-0.2, 0) is 10.9 Å². The molecule has 1 aromatic carbocycles. The quantitative estimate of drug-likeness (QED) is 0.841. The fraction of sp³-hybridized carbons (Fsp3) is 0.235. The van der Waals surface area contributed by atoms with Crippen molar-refractivity contribution >= 4 is 23.3 Å². The van der Waals surface area contributed by atoms with E-state index in [0.717, 1.165) is 18.3 Å². The number of amides is 1. The number of nitrogens with zero attached hydrogens (tertiary/aromatic N) is 2. The summed E-state index contributed by atoms with van der Waals surface area (Å²) < 4.78 is 43.3. The third kappa shape index (κ3) is 4.29. The number of esters is 1. The number of pyridine rings is 1. The van der Waals surface area contributed by atoms with Crippen molar-refractivity contribution in [2.45, 2.75) is 6.18 Å². The highest BCUT2D eigenvalue weighted by atomic mass is 19.4. The molecule has 26 heavy (non-hydrogen) atoms. The predicted molar refractivity (Wildman–Crippen MR) is 89.3 cm³/mol. The minimum absolute atomic E-state index is 0.00586. The number of benzene rings is 1. The van der Waals surface area contributed by atoms with Crippen LogP contribution in [0.2, 0.25) is 0 Å². The zero-order chi connectivity index (χ0) is 19.5. The number of methoxy groups -OCH3 is 1. The van der Waals surface area contributed by atoms with Crippen molar-refractivity contribution in [3.05, 3.63) is 53.3 Å². The Balaban J connectivity index is 2.31. The molecule has 6 nitrogen and oxygen atoms in total. The maximum Gasteiger partial charge on any atom is 0.416 e. The zero-order valence-corrected chi connectivity index (χ0v) is 14.2. The molecule has 0 radical (unpaired) electrons. The number of nitrogens with one attached hydrogen (secondary N) is 1. The molecule has 0 bridgehead atoms. The fourth-order valence-electron chi connectivity index (χ4n) is 2.16. The number of hydrogen-bond acceptors (Lipinski definition) is 5. The first-order valence-electron chi connectivity index (χ1n) is 7.37. The molecule has 0 unspecified atom stereocenters. The Bertz CT molecular complexity index is 818. The number of anilines is 2. The number of carbonyl (C=O) groups is 2. The van der Waals surface area contributed by atoms with Gasteiger partial charge in [-0.25, -0.2) is 4.79 Å². The summed E-state index contributed by atoms with van der Waals surface area (Å²) in [5, 5.41) is 2.42. The van der Waals surface area contributed by atoms with E-state index in [2.05, 4.69) is 15.0 Å².